The van der Waals surface area contributed by atoms with Gasteiger partial charge in [0.15, 0.2) is 0 Å². The molecule has 1 aromatic carbocycles. The topological polar surface area (TPSA) is 0 Å². The van der Waals surface area contributed by atoms with Crippen LogP contribution < -0.4 is 0 Å². The van der Waals surface area contributed by atoms with Crippen LogP contribution in [0.1, 0.15) is 9.75 Å². The van der Waals surface area contributed by atoms with Gasteiger partial charge >= 0.3 is 0 Å². The second-order valence-electron chi connectivity index (χ2n) is 5.97. The molecule has 0 amide bonds. The fourth-order valence-corrected chi connectivity index (χ4v) is 7.03. The second-order valence-corrected chi connectivity index (χ2v) is 10.7. The van der Waals surface area contributed by atoms with Crippen LogP contribution in [-0.2, 0) is 0 Å². The van der Waals surface area contributed by atoms with Crippen LogP contribution in [0, 0.1) is 13.8 Å². The summed E-state index contributed by atoms with van der Waals surface area (Å²) in [6.45, 7) is 4.34. The van der Waals surface area contributed by atoms with Crippen molar-refractivity contribution in [3.8, 4) is 19.5 Å². The van der Waals surface area contributed by atoms with Gasteiger partial charge in [-0.1, -0.05) is 0 Å². The Bertz CT molecular complexity index is 1040. The molecule has 5 aromatic rings. The van der Waals surface area contributed by atoms with Crippen LogP contribution >= 0.6 is 45.3 Å². The minimum atomic E-state index is 1.37. The first-order chi connectivity index (χ1) is 11.7. The summed E-state index contributed by atoms with van der Waals surface area (Å²) in [6, 6.07) is 18.3. The minimum absolute atomic E-state index is 1.37. The molecule has 4 heteroatoms. The van der Waals surface area contributed by atoms with E-state index in [1.807, 2.05) is 45.3 Å². The van der Waals surface area contributed by atoms with Crippen molar-refractivity contribution in [1.82, 2.24) is 0 Å². The van der Waals surface area contributed by atoms with Crippen LogP contribution in [0.25, 0.3) is 39.7 Å². The van der Waals surface area contributed by atoms with E-state index in [9.17, 15) is 0 Å². The third-order valence-electron chi connectivity index (χ3n) is 4.12. The Balaban J connectivity index is 1.64. The van der Waals surface area contributed by atoms with Gasteiger partial charge in [0.25, 0.3) is 0 Å². The van der Waals surface area contributed by atoms with Crippen molar-refractivity contribution < 1.29 is 0 Å². The number of aryl methyl sites for hydroxylation is 2. The Hall–Kier alpha value is -1.46. The molecule has 0 atom stereocenters. The molecule has 5 rings (SSSR count). The van der Waals surface area contributed by atoms with Crippen molar-refractivity contribution in [3.05, 3.63) is 58.3 Å². The Morgan fingerprint density at radius 2 is 0.958 bits per heavy atom. The molecule has 0 bridgehead atoms. The zero-order valence-electron chi connectivity index (χ0n) is 13.3. The smallest absolute Gasteiger partial charge is 0.0455 e. The summed E-state index contributed by atoms with van der Waals surface area (Å²) >= 11 is 7.57. The summed E-state index contributed by atoms with van der Waals surface area (Å²) < 4.78 is 2.77. The first-order valence-corrected chi connectivity index (χ1v) is 11.0. The molecule has 0 aliphatic carbocycles. The molecule has 0 saturated carbocycles. The van der Waals surface area contributed by atoms with Gasteiger partial charge in [0, 0.05) is 38.7 Å². The number of benzene rings is 1. The van der Waals surface area contributed by atoms with E-state index in [2.05, 4.69) is 62.4 Å². The summed E-state index contributed by atoms with van der Waals surface area (Å²) in [7, 11) is 0. The van der Waals surface area contributed by atoms with Crippen molar-refractivity contribution in [1.29, 1.82) is 0 Å². The monoisotopic (exact) mass is 382 g/mol. The molecule has 0 spiro atoms. The normalized spacial score (nSPS) is 11.8. The predicted octanol–water partition coefficient (Wildman–Crippen LogP) is 8.19. The maximum atomic E-state index is 2.36. The summed E-state index contributed by atoms with van der Waals surface area (Å²) in [5.74, 6) is 0. The summed E-state index contributed by atoms with van der Waals surface area (Å²) in [5, 5.41) is 2.73. The van der Waals surface area contributed by atoms with Crippen molar-refractivity contribution in [3.63, 3.8) is 0 Å². The molecule has 0 unspecified atom stereocenters. The van der Waals surface area contributed by atoms with E-state index in [4.69, 9.17) is 0 Å². The van der Waals surface area contributed by atoms with Crippen LogP contribution in [-0.4, -0.2) is 0 Å². The fourth-order valence-electron chi connectivity index (χ4n) is 2.95. The highest BCUT2D eigenvalue weighted by atomic mass is 32.1. The van der Waals surface area contributed by atoms with Crippen LogP contribution in [0.3, 0.4) is 0 Å². The van der Waals surface area contributed by atoms with Crippen LogP contribution in [0.15, 0.2) is 48.5 Å². The lowest BCUT2D eigenvalue weighted by molar-refractivity contribution is 1.64. The molecule has 0 aliphatic rings. The molecular formula is C20H14S4. The molecule has 0 radical (unpaired) electrons. The van der Waals surface area contributed by atoms with Crippen LogP contribution in [0.2, 0.25) is 0 Å². The van der Waals surface area contributed by atoms with Crippen LogP contribution in [0.4, 0.5) is 0 Å². The van der Waals surface area contributed by atoms with Gasteiger partial charge in [-0.3, -0.25) is 0 Å². The summed E-state index contributed by atoms with van der Waals surface area (Å²) in [4.78, 5) is 8.28. The van der Waals surface area contributed by atoms with Gasteiger partial charge in [0.05, 0.1) is 0 Å². The largest absolute Gasteiger partial charge is 0.140 e. The lowest BCUT2D eigenvalue weighted by Gasteiger charge is -1.89. The van der Waals surface area contributed by atoms with Crippen molar-refractivity contribution >= 4 is 65.5 Å². The zero-order chi connectivity index (χ0) is 16.3. The SMILES string of the molecule is Cc1ccc(-c2cc3cc4sc(-c5ccc(C)s5)cc4cc3s2)s1. The van der Waals surface area contributed by atoms with E-state index >= 15 is 0 Å². The summed E-state index contributed by atoms with van der Waals surface area (Å²) in [5.41, 5.74) is 0. The van der Waals surface area contributed by atoms with E-state index in [0.29, 0.717) is 0 Å². The summed E-state index contributed by atoms with van der Waals surface area (Å²) in [6.07, 6.45) is 0. The average Bonchev–Trinajstić information content (AvgIpc) is 3.29. The predicted molar refractivity (Wildman–Crippen MR) is 113 cm³/mol. The number of rotatable bonds is 2. The molecule has 0 saturated heterocycles. The lowest BCUT2D eigenvalue weighted by atomic mass is 10.2. The van der Waals surface area contributed by atoms with E-state index in [0.717, 1.165) is 0 Å². The van der Waals surface area contributed by atoms with E-state index in [-0.39, 0.29) is 0 Å². The van der Waals surface area contributed by atoms with Gasteiger partial charge in [0.1, 0.15) is 0 Å². The fraction of sp³-hybridized carbons (Fsp3) is 0.100. The number of fused-ring (bicyclic) bond motifs is 2. The number of thiophene rings is 4. The van der Waals surface area contributed by atoms with Gasteiger partial charge in [-0.05, 0) is 73.2 Å². The number of hydrogen-bond acceptors (Lipinski definition) is 4. The van der Waals surface area contributed by atoms with Crippen molar-refractivity contribution in [2.45, 2.75) is 13.8 Å². The zero-order valence-corrected chi connectivity index (χ0v) is 16.5. The van der Waals surface area contributed by atoms with Crippen LogP contribution in [0.5, 0.6) is 0 Å². The standard InChI is InChI=1S/C20H14S4/c1-11-3-5-15(21-11)19-9-13-7-18-14(8-17(13)23-19)10-20(24-18)16-6-4-12(2)22-16/h3-10H,1-2H3. The highest BCUT2D eigenvalue weighted by molar-refractivity contribution is 7.27. The van der Waals surface area contributed by atoms with Gasteiger partial charge < -0.3 is 0 Å². The Kier molecular flexibility index (Phi) is 3.42. The lowest BCUT2D eigenvalue weighted by Crippen LogP contribution is -1.62. The van der Waals surface area contributed by atoms with Gasteiger partial charge in [-0.2, -0.15) is 0 Å². The average molecular weight is 383 g/mol. The molecule has 0 nitrogen and oxygen atoms in total. The number of hydrogen-bond donors (Lipinski definition) is 0. The van der Waals surface area contributed by atoms with Gasteiger partial charge in [-0.15, -0.1) is 45.3 Å². The van der Waals surface area contributed by atoms with E-state index in [1.165, 1.54) is 49.4 Å². The quantitative estimate of drug-likeness (QED) is 0.289. The molecule has 0 N–H and O–H groups in total. The highest BCUT2D eigenvalue weighted by Crippen LogP contribution is 2.42. The molecular weight excluding hydrogens is 368 g/mol. The molecule has 4 aromatic heterocycles. The molecule has 4 heterocycles. The third-order valence-corrected chi connectivity index (χ3v) is 8.71. The maximum absolute atomic E-state index is 2.36. The van der Waals surface area contributed by atoms with Gasteiger partial charge in [-0.25, -0.2) is 0 Å². The molecule has 0 aliphatic heterocycles. The molecule has 24 heavy (non-hydrogen) atoms. The molecule has 118 valence electrons. The Labute approximate surface area is 156 Å². The Morgan fingerprint density at radius 3 is 1.33 bits per heavy atom. The van der Waals surface area contributed by atoms with Crippen molar-refractivity contribution in [2.24, 2.45) is 0 Å². The molecule has 0 fully saturated rings. The second kappa shape index (κ2) is 5.53. The van der Waals surface area contributed by atoms with E-state index < -0.39 is 0 Å². The first-order valence-electron chi connectivity index (χ1n) is 7.76. The minimum Gasteiger partial charge on any atom is -0.140 e. The van der Waals surface area contributed by atoms with Crippen molar-refractivity contribution in [2.75, 3.05) is 0 Å². The maximum Gasteiger partial charge on any atom is 0.0455 e. The Morgan fingerprint density at radius 1 is 0.500 bits per heavy atom. The van der Waals surface area contributed by atoms with E-state index in [1.54, 1.807) is 0 Å². The highest BCUT2D eigenvalue weighted by Gasteiger charge is 2.11. The first kappa shape index (κ1) is 14.8. The third kappa shape index (κ3) is 2.45. The van der Waals surface area contributed by atoms with Gasteiger partial charge in [0.2, 0.25) is 0 Å².